The normalized spacial score (nSPS) is 11.8. The number of amides is 1. The Bertz CT molecular complexity index is 339. The van der Waals surface area contributed by atoms with Gasteiger partial charge in [0.05, 0.1) is 0 Å². The number of rotatable bonds is 5. The predicted molar refractivity (Wildman–Crippen MR) is 52.0 cm³/mol. The molecule has 90 valence electrons. The first-order chi connectivity index (χ1) is 7.44. The number of thiophene rings is 1. The fourth-order valence-electron chi connectivity index (χ4n) is 0.971. The maximum Gasteiger partial charge on any atom is 0.383 e. The number of hydrogen-bond acceptors (Lipinski definition) is 2. The molecule has 0 aliphatic heterocycles. The highest BCUT2D eigenvalue weighted by molar-refractivity contribution is 7.09. The van der Waals surface area contributed by atoms with Gasteiger partial charge in [0, 0.05) is 11.4 Å². The Labute approximate surface area is 93.3 Å². The Morgan fingerprint density at radius 1 is 1.50 bits per heavy atom. The van der Waals surface area contributed by atoms with Crippen LogP contribution in [-0.4, -0.2) is 24.8 Å². The second-order valence-corrected chi connectivity index (χ2v) is 4.04. The van der Waals surface area contributed by atoms with Crippen LogP contribution < -0.4 is 5.32 Å². The fourth-order valence-corrected chi connectivity index (χ4v) is 1.68. The van der Waals surface area contributed by atoms with E-state index in [1.165, 1.54) is 11.3 Å². The first-order valence-electron chi connectivity index (χ1n) is 4.41. The van der Waals surface area contributed by atoms with Crippen LogP contribution in [0.2, 0.25) is 0 Å². The number of nitrogens with one attached hydrogen (secondary N) is 1. The van der Waals surface area contributed by atoms with Gasteiger partial charge in [0.25, 0.3) is 5.91 Å². The summed E-state index contributed by atoms with van der Waals surface area (Å²) in [5.74, 6) is -6.55. The average Bonchev–Trinajstić information content (AvgIpc) is 2.70. The zero-order chi connectivity index (χ0) is 12.2. The first-order valence-corrected chi connectivity index (χ1v) is 5.29. The zero-order valence-electron chi connectivity index (χ0n) is 8.05. The van der Waals surface area contributed by atoms with Gasteiger partial charge in [-0.3, -0.25) is 4.79 Å². The molecule has 0 radical (unpaired) electrons. The molecular weight excluding hydrogens is 246 g/mol. The molecule has 0 aliphatic rings. The molecule has 0 saturated heterocycles. The van der Waals surface area contributed by atoms with Crippen molar-refractivity contribution >= 4 is 17.2 Å². The van der Waals surface area contributed by atoms with Gasteiger partial charge in [0.1, 0.15) is 0 Å². The molecule has 1 heterocycles. The summed E-state index contributed by atoms with van der Waals surface area (Å²) in [5.41, 5.74) is 0. The van der Waals surface area contributed by atoms with Crippen molar-refractivity contribution in [3.63, 3.8) is 0 Å². The molecule has 1 amide bonds. The number of carbonyl (C=O) groups is 1. The third-order valence-electron chi connectivity index (χ3n) is 1.81. The minimum absolute atomic E-state index is 0.0817. The van der Waals surface area contributed by atoms with E-state index in [2.05, 4.69) is 0 Å². The van der Waals surface area contributed by atoms with Crippen molar-refractivity contribution in [2.45, 2.75) is 18.8 Å². The van der Waals surface area contributed by atoms with E-state index in [1.807, 2.05) is 0 Å². The standard InChI is InChI=1S/C9H9F4NOS/c10-7(11)9(12,13)8(15)14-4-3-6-2-1-5-16-6/h1-2,5,7H,3-4H2,(H,14,15). The minimum atomic E-state index is -4.62. The summed E-state index contributed by atoms with van der Waals surface area (Å²) in [5, 5.41) is 3.58. The summed E-state index contributed by atoms with van der Waals surface area (Å²) in [4.78, 5) is 11.6. The topological polar surface area (TPSA) is 29.1 Å². The smallest absolute Gasteiger partial charge is 0.350 e. The summed E-state index contributed by atoms with van der Waals surface area (Å²) in [6, 6.07) is 3.54. The number of halogens is 4. The third-order valence-corrected chi connectivity index (χ3v) is 2.75. The number of alkyl halides is 4. The van der Waals surface area contributed by atoms with Crippen LogP contribution >= 0.6 is 11.3 Å². The van der Waals surface area contributed by atoms with Crippen molar-refractivity contribution < 1.29 is 22.4 Å². The van der Waals surface area contributed by atoms with Gasteiger partial charge in [-0.15, -0.1) is 11.3 Å². The predicted octanol–water partition coefficient (Wildman–Crippen LogP) is 2.31. The van der Waals surface area contributed by atoms with Crippen LogP contribution in [0.4, 0.5) is 17.6 Å². The fraction of sp³-hybridized carbons (Fsp3) is 0.444. The maximum absolute atomic E-state index is 12.4. The second kappa shape index (κ2) is 5.29. The van der Waals surface area contributed by atoms with Gasteiger partial charge in [-0.2, -0.15) is 8.78 Å². The Kier molecular flexibility index (Phi) is 4.28. The molecular formula is C9H9F4NOS. The Hall–Kier alpha value is -1.11. The van der Waals surface area contributed by atoms with E-state index in [0.717, 1.165) is 4.88 Å². The molecule has 16 heavy (non-hydrogen) atoms. The molecule has 1 aromatic heterocycles. The molecule has 0 saturated carbocycles. The highest BCUT2D eigenvalue weighted by Gasteiger charge is 2.48. The van der Waals surface area contributed by atoms with E-state index < -0.39 is 18.3 Å². The molecule has 0 spiro atoms. The van der Waals surface area contributed by atoms with Crippen LogP contribution in [0.3, 0.4) is 0 Å². The molecule has 1 rings (SSSR count). The van der Waals surface area contributed by atoms with Crippen LogP contribution in [-0.2, 0) is 11.2 Å². The van der Waals surface area contributed by atoms with Gasteiger partial charge in [0.15, 0.2) is 0 Å². The average molecular weight is 255 g/mol. The molecule has 7 heteroatoms. The van der Waals surface area contributed by atoms with Gasteiger partial charge in [-0.05, 0) is 17.9 Å². The van der Waals surface area contributed by atoms with Crippen LogP contribution in [0.25, 0.3) is 0 Å². The van der Waals surface area contributed by atoms with Crippen LogP contribution in [0.1, 0.15) is 4.88 Å². The molecule has 0 unspecified atom stereocenters. The number of carbonyl (C=O) groups excluding carboxylic acids is 1. The van der Waals surface area contributed by atoms with E-state index in [4.69, 9.17) is 0 Å². The van der Waals surface area contributed by atoms with Crippen molar-refractivity contribution in [1.29, 1.82) is 0 Å². The van der Waals surface area contributed by atoms with Crippen LogP contribution in [0.5, 0.6) is 0 Å². The van der Waals surface area contributed by atoms with Gasteiger partial charge in [0.2, 0.25) is 0 Å². The maximum atomic E-state index is 12.4. The summed E-state index contributed by atoms with van der Waals surface area (Å²) in [7, 11) is 0. The van der Waals surface area contributed by atoms with Crippen molar-refractivity contribution in [3.05, 3.63) is 22.4 Å². The van der Waals surface area contributed by atoms with E-state index in [-0.39, 0.29) is 6.54 Å². The highest BCUT2D eigenvalue weighted by atomic mass is 32.1. The van der Waals surface area contributed by atoms with Crippen LogP contribution in [0, 0.1) is 0 Å². The quantitative estimate of drug-likeness (QED) is 0.804. The second-order valence-electron chi connectivity index (χ2n) is 3.01. The van der Waals surface area contributed by atoms with Crippen LogP contribution in [0.15, 0.2) is 17.5 Å². The Morgan fingerprint density at radius 3 is 2.69 bits per heavy atom. The van der Waals surface area contributed by atoms with Gasteiger partial charge >= 0.3 is 12.3 Å². The van der Waals surface area contributed by atoms with Gasteiger partial charge in [-0.25, -0.2) is 8.78 Å². The number of hydrogen-bond donors (Lipinski definition) is 1. The largest absolute Gasteiger partial charge is 0.383 e. The zero-order valence-corrected chi connectivity index (χ0v) is 8.87. The van der Waals surface area contributed by atoms with E-state index in [0.29, 0.717) is 6.42 Å². The molecule has 0 aliphatic carbocycles. The van der Waals surface area contributed by atoms with E-state index >= 15 is 0 Å². The Morgan fingerprint density at radius 2 is 2.19 bits per heavy atom. The molecule has 0 atom stereocenters. The minimum Gasteiger partial charge on any atom is -0.350 e. The molecule has 0 fully saturated rings. The summed E-state index contributed by atoms with van der Waals surface area (Å²) >= 11 is 1.40. The Balaban J connectivity index is 2.36. The molecule has 1 aromatic rings. The lowest BCUT2D eigenvalue weighted by Gasteiger charge is -2.14. The molecule has 0 bridgehead atoms. The molecule has 2 nitrogen and oxygen atoms in total. The van der Waals surface area contributed by atoms with Crippen molar-refractivity contribution in [2.24, 2.45) is 0 Å². The molecule has 1 N–H and O–H groups in total. The highest BCUT2D eigenvalue weighted by Crippen LogP contribution is 2.22. The summed E-state index contributed by atoms with van der Waals surface area (Å²) in [6.07, 6.45) is -3.63. The summed E-state index contributed by atoms with van der Waals surface area (Å²) in [6.45, 7) is -0.0817. The lowest BCUT2D eigenvalue weighted by molar-refractivity contribution is -0.169. The first kappa shape index (κ1) is 13.0. The van der Waals surface area contributed by atoms with Crippen molar-refractivity contribution in [3.8, 4) is 0 Å². The van der Waals surface area contributed by atoms with Gasteiger partial charge < -0.3 is 5.32 Å². The SMILES string of the molecule is O=C(NCCc1cccs1)C(F)(F)C(F)F. The molecule has 0 aromatic carbocycles. The van der Waals surface area contributed by atoms with E-state index in [1.54, 1.807) is 22.8 Å². The van der Waals surface area contributed by atoms with Gasteiger partial charge in [-0.1, -0.05) is 6.07 Å². The monoisotopic (exact) mass is 255 g/mol. The van der Waals surface area contributed by atoms with Crippen molar-refractivity contribution in [2.75, 3.05) is 6.54 Å². The summed E-state index contributed by atoms with van der Waals surface area (Å²) < 4.78 is 48.4. The van der Waals surface area contributed by atoms with E-state index in [9.17, 15) is 22.4 Å². The lowest BCUT2D eigenvalue weighted by atomic mass is 10.3. The third kappa shape index (κ3) is 3.19. The lowest BCUT2D eigenvalue weighted by Crippen LogP contribution is -2.45. The van der Waals surface area contributed by atoms with Crippen molar-refractivity contribution in [1.82, 2.24) is 5.32 Å².